The van der Waals surface area contributed by atoms with Crippen LogP contribution < -0.4 is 0 Å². The van der Waals surface area contributed by atoms with Crippen LogP contribution in [0.4, 0.5) is 0 Å². The van der Waals surface area contributed by atoms with Crippen molar-refractivity contribution in [3.63, 3.8) is 0 Å². The normalized spacial score (nSPS) is 11.9. The minimum atomic E-state index is -4.30. The van der Waals surface area contributed by atoms with Crippen LogP contribution in [0.25, 0.3) is 33.9 Å². The molecule has 2 N–H and O–H groups in total. The third-order valence-electron chi connectivity index (χ3n) is 4.48. The third-order valence-corrected chi connectivity index (χ3v) is 6.22. The SMILES string of the molecule is O=S(=O)(O)c1ccc(-c2ccnc(-c3nncc(-c4ccc(S(=O)(=O)O)cc4)n3)c2)cc1. The van der Waals surface area contributed by atoms with Crippen molar-refractivity contribution in [2.75, 3.05) is 0 Å². The van der Waals surface area contributed by atoms with Gasteiger partial charge in [-0.25, -0.2) is 4.98 Å². The minimum Gasteiger partial charge on any atom is -0.282 e. The van der Waals surface area contributed by atoms with Gasteiger partial charge in [-0.2, -0.15) is 21.9 Å². The van der Waals surface area contributed by atoms with Crippen LogP contribution in [-0.4, -0.2) is 46.1 Å². The zero-order valence-corrected chi connectivity index (χ0v) is 17.7. The highest BCUT2D eigenvalue weighted by molar-refractivity contribution is 7.86. The van der Waals surface area contributed by atoms with Gasteiger partial charge in [-0.05, 0) is 47.5 Å². The summed E-state index contributed by atoms with van der Waals surface area (Å²) in [4.78, 5) is 8.24. The van der Waals surface area contributed by atoms with E-state index in [0.717, 1.165) is 0 Å². The Hall–Kier alpha value is -3.58. The van der Waals surface area contributed by atoms with Gasteiger partial charge >= 0.3 is 0 Å². The smallest absolute Gasteiger partial charge is 0.282 e. The maximum atomic E-state index is 11.2. The van der Waals surface area contributed by atoms with Crippen molar-refractivity contribution >= 4 is 20.2 Å². The third kappa shape index (κ3) is 4.68. The Labute approximate surface area is 183 Å². The van der Waals surface area contributed by atoms with Crippen molar-refractivity contribution in [2.24, 2.45) is 0 Å². The van der Waals surface area contributed by atoms with Gasteiger partial charge in [-0.15, -0.1) is 5.10 Å². The lowest BCUT2D eigenvalue weighted by Gasteiger charge is -2.06. The van der Waals surface area contributed by atoms with Gasteiger partial charge in [0.15, 0.2) is 0 Å². The van der Waals surface area contributed by atoms with Crippen molar-refractivity contribution in [2.45, 2.75) is 9.79 Å². The Bertz CT molecular complexity index is 1390. The molecule has 0 radical (unpaired) electrons. The molecule has 2 aromatic carbocycles. The van der Waals surface area contributed by atoms with Gasteiger partial charge in [0.1, 0.15) is 5.69 Å². The average Bonchev–Trinajstić information content (AvgIpc) is 2.78. The van der Waals surface area contributed by atoms with E-state index in [9.17, 15) is 16.8 Å². The van der Waals surface area contributed by atoms with E-state index in [1.165, 1.54) is 48.8 Å². The molecule has 0 aliphatic carbocycles. The van der Waals surface area contributed by atoms with Crippen molar-refractivity contribution in [3.05, 3.63) is 73.1 Å². The second-order valence-corrected chi connectivity index (χ2v) is 9.44. The van der Waals surface area contributed by atoms with Gasteiger partial charge in [0.25, 0.3) is 20.2 Å². The number of benzene rings is 2. The highest BCUT2D eigenvalue weighted by Crippen LogP contribution is 2.25. The molecule has 4 aromatic rings. The molecule has 2 aromatic heterocycles. The summed E-state index contributed by atoms with van der Waals surface area (Å²) in [6.07, 6.45) is 2.95. The molecule has 0 aliphatic heterocycles. The van der Waals surface area contributed by atoms with Crippen LogP contribution in [0.5, 0.6) is 0 Å². The maximum absolute atomic E-state index is 11.2. The van der Waals surface area contributed by atoms with Crippen LogP contribution in [0.1, 0.15) is 0 Å². The molecule has 2 heterocycles. The lowest BCUT2D eigenvalue weighted by Crippen LogP contribution is -1.99. The summed E-state index contributed by atoms with van der Waals surface area (Å²) in [5, 5.41) is 7.94. The Morgan fingerprint density at radius 2 is 1.22 bits per heavy atom. The van der Waals surface area contributed by atoms with E-state index in [1.807, 2.05) is 0 Å². The second kappa shape index (κ2) is 8.16. The van der Waals surface area contributed by atoms with Crippen molar-refractivity contribution < 1.29 is 25.9 Å². The van der Waals surface area contributed by atoms with E-state index >= 15 is 0 Å². The summed E-state index contributed by atoms with van der Waals surface area (Å²) >= 11 is 0. The fourth-order valence-electron chi connectivity index (χ4n) is 2.90. The molecule has 0 aliphatic rings. The van der Waals surface area contributed by atoms with Gasteiger partial charge in [0.2, 0.25) is 5.82 Å². The Morgan fingerprint density at radius 3 is 1.78 bits per heavy atom. The van der Waals surface area contributed by atoms with Crippen molar-refractivity contribution in [3.8, 4) is 33.9 Å². The van der Waals surface area contributed by atoms with Crippen LogP contribution in [0.15, 0.2) is 82.8 Å². The van der Waals surface area contributed by atoms with Crippen LogP contribution >= 0.6 is 0 Å². The van der Waals surface area contributed by atoms with E-state index < -0.39 is 20.2 Å². The van der Waals surface area contributed by atoms with E-state index in [4.69, 9.17) is 9.11 Å². The standard InChI is InChI=1S/C20H14N4O6S2/c25-31(26,27)16-5-1-13(2-6-16)15-9-10-21-18(11-15)20-23-19(12-22-24-20)14-3-7-17(8-4-14)32(28,29)30/h1-12H,(H,25,26,27)(H,28,29,30). The molecule has 0 amide bonds. The lowest BCUT2D eigenvalue weighted by atomic mass is 10.1. The quantitative estimate of drug-likeness (QED) is 0.415. The molecule has 0 spiro atoms. The molecule has 32 heavy (non-hydrogen) atoms. The molecular formula is C20H14N4O6S2. The molecule has 0 fully saturated rings. The van der Waals surface area contributed by atoms with Gasteiger partial charge in [0.05, 0.1) is 21.7 Å². The average molecular weight is 470 g/mol. The highest BCUT2D eigenvalue weighted by Gasteiger charge is 2.13. The lowest BCUT2D eigenvalue weighted by molar-refractivity contribution is 0.481. The molecule has 4 rings (SSSR count). The summed E-state index contributed by atoms with van der Waals surface area (Å²) < 4.78 is 63.1. The monoisotopic (exact) mass is 470 g/mol. The van der Waals surface area contributed by atoms with E-state index in [2.05, 4.69) is 20.2 Å². The van der Waals surface area contributed by atoms with Crippen LogP contribution in [0, 0.1) is 0 Å². The molecule has 0 atom stereocenters. The fraction of sp³-hybridized carbons (Fsp3) is 0. The molecule has 0 unspecified atom stereocenters. The summed E-state index contributed by atoms with van der Waals surface area (Å²) in [7, 11) is -8.58. The number of hydrogen-bond acceptors (Lipinski definition) is 8. The fourth-order valence-corrected chi connectivity index (χ4v) is 3.86. The Morgan fingerprint density at radius 1 is 0.656 bits per heavy atom. The summed E-state index contributed by atoms with van der Waals surface area (Å²) in [5.74, 6) is 0.220. The Kier molecular flexibility index (Phi) is 5.52. The molecular weight excluding hydrogens is 456 g/mol. The summed E-state index contributed by atoms with van der Waals surface area (Å²) in [6, 6.07) is 14.6. The number of nitrogens with zero attached hydrogens (tertiary/aromatic N) is 4. The van der Waals surface area contributed by atoms with Crippen LogP contribution in [0.2, 0.25) is 0 Å². The summed E-state index contributed by atoms with van der Waals surface area (Å²) in [5.41, 5.74) is 2.78. The van der Waals surface area contributed by atoms with E-state index in [1.54, 1.807) is 24.3 Å². The van der Waals surface area contributed by atoms with Crippen LogP contribution in [-0.2, 0) is 20.2 Å². The maximum Gasteiger partial charge on any atom is 0.294 e. The predicted molar refractivity (Wildman–Crippen MR) is 114 cm³/mol. The Balaban J connectivity index is 1.67. The van der Waals surface area contributed by atoms with Crippen molar-refractivity contribution in [1.29, 1.82) is 0 Å². The molecule has 0 bridgehead atoms. The van der Waals surface area contributed by atoms with Crippen molar-refractivity contribution in [1.82, 2.24) is 20.2 Å². The molecule has 162 valence electrons. The van der Waals surface area contributed by atoms with Crippen LogP contribution in [0.3, 0.4) is 0 Å². The number of rotatable bonds is 5. The first-order valence-electron chi connectivity index (χ1n) is 8.93. The number of pyridine rings is 1. The van der Waals surface area contributed by atoms with Gasteiger partial charge in [-0.1, -0.05) is 24.3 Å². The largest absolute Gasteiger partial charge is 0.294 e. The minimum absolute atomic E-state index is 0.212. The van der Waals surface area contributed by atoms with E-state index in [-0.39, 0.29) is 15.6 Å². The molecule has 0 saturated heterocycles. The van der Waals surface area contributed by atoms with Gasteiger partial charge in [-0.3, -0.25) is 14.1 Å². The van der Waals surface area contributed by atoms with Gasteiger partial charge < -0.3 is 0 Å². The van der Waals surface area contributed by atoms with Gasteiger partial charge in [0, 0.05) is 11.8 Å². The molecule has 0 saturated carbocycles. The zero-order valence-electron chi connectivity index (χ0n) is 16.1. The second-order valence-electron chi connectivity index (χ2n) is 6.59. The highest BCUT2D eigenvalue weighted by atomic mass is 32.2. The topological polar surface area (TPSA) is 160 Å². The number of hydrogen-bond donors (Lipinski definition) is 2. The molecule has 10 nitrogen and oxygen atoms in total. The number of aromatic nitrogens is 4. The first-order valence-corrected chi connectivity index (χ1v) is 11.8. The predicted octanol–water partition coefficient (Wildman–Crippen LogP) is 2.76. The first kappa shape index (κ1) is 21.6. The molecule has 12 heteroatoms. The van der Waals surface area contributed by atoms with E-state index in [0.29, 0.717) is 28.1 Å². The summed E-state index contributed by atoms with van der Waals surface area (Å²) in [6.45, 7) is 0. The first-order chi connectivity index (χ1) is 15.1. The zero-order chi connectivity index (χ0) is 22.9.